The van der Waals surface area contributed by atoms with Gasteiger partial charge in [-0.3, -0.25) is 0 Å². The first kappa shape index (κ1) is 23.9. The van der Waals surface area contributed by atoms with Crippen LogP contribution in [0.1, 0.15) is 74.7 Å². The number of furan rings is 1. The number of aliphatic hydroxyl groups is 1. The average Bonchev–Trinajstić information content (AvgIpc) is 3.17. The van der Waals surface area contributed by atoms with Gasteiger partial charge in [-0.1, -0.05) is 46.8 Å². The fourth-order valence-electron chi connectivity index (χ4n) is 4.09. The summed E-state index contributed by atoms with van der Waals surface area (Å²) >= 11 is 0. The number of carboxylic acid groups (broad SMARTS) is 1. The van der Waals surface area contributed by atoms with Crippen LogP contribution in [0, 0.1) is 12.3 Å². The van der Waals surface area contributed by atoms with E-state index in [2.05, 4.69) is 26.0 Å². The maximum absolute atomic E-state index is 11.3. The van der Waals surface area contributed by atoms with Crippen molar-refractivity contribution in [2.24, 2.45) is 5.41 Å². The van der Waals surface area contributed by atoms with Crippen molar-refractivity contribution in [1.29, 1.82) is 0 Å². The Balaban J connectivity index is 1.96. The molecule has 2 N–H and O–H groups in total. The Labute approximate surface area is 190 Å². The minimum atomic E-state index is -0.949. The number of ether oxygens (including phenoxy) is 1. The number of benzene rings is 2. The van der Waals surface area contributed by atoms with E-state index in [9.17, 15) is 15.0 Å². The van der Waals surface area contributed by atoms with Gasteiger partial charge in [-0.2, -0.15) is 0 Å². The maximum atomic E-state index is 11.3. The van der Waals surface area contributed by atoms with Gasteiger partial charge in [0.2, 0.25) is 0 Å². The van der Waals surface area contributed by atoms with Crippen LogP contribution < -0.4 is 4.74 Å². The summed E-state index contributed by atoms with van der Waals surface area (Å²) in [5.41, 5.74) is 2.48. The lowest BCUT2D eigenvalue weighted by atomic mass is 9.73. The molecule has 0 fully saturated rings. The monoisotopic (exact) mass is 438 g/mol. The van der Waals surface area contributed by atoms with E-state index in [1.165, 1.54) is 0 Å². The molecule has 0 saturated heterocycles. The molecule has 1 aromatic heterocycles. The minimum absolute atomic E-state index is 0.241. The van der Waals surface area contributed by atoms with Gasteiger partial charge in [0.25, 0.3) is 0 Å². The number of aryl methyl sites for hydroxylation is 1. The van der Waals surface area contributed by atoms with E-state index in [0.29, 0.717) is 5.58 Å². The zero-order valence-corrected chi connectivity index (χ0v) is 19.9. The first-order chi connectivity index (χ1) is 15.0. The largest absolute Gasteiger partial charge is 0.491 e. The van der Waals surface area contributed by atoms with Gasteiger partial charge in [-0.05, 0) is 66.6 Å². The second kappa shape index (κ2) is 8.99. The zero-order valence-electron chi connectivity index (χ0n) is 19.9. The highest BCUT2D eigenvalue weighted by molar-refractivity contribution is 5.93. The molecule has 1 unspecified atom stereocenters. The highest BCUT2D eigenvalue weighted by Gasteiger charge is 2.35. The van der Waals surface area contributed by atoms with Gasteiger partial charge < -0.3 is 19.4 Å². The van der Waals surface area contributed by atoms with Crippen LogP contribution in [0.5, 0.6) is 5.75 Å². The Morgan fingerprint density at radius 1 is 1.06 bits per heavy atom. The first-order valence-electron chi connectivity index (χ1n) is 11.2. The van der Waals surface area contributed by atoms with Crippen molar-refractivity contribution in [2.45, 2.75) is 65.9 Å². The van der Waals surface area contributed by atoms with Crippen molar-refractivity contribution in [3.05, 3.63) is 64.9 Å². The molecule has 0 aliphatic heterocycles. The van der Waals surface area contributed by atoms with Gasteiger partial charge in [0, 0.05) is 5.39 Å². The average molecular weight is 439 g/mol. The molecule has 3 rings (SSSR count). The summed E-state index contributed by atoms with van der Waals surface area (Å²) in [5.74, 6) is 0.639. The summed E-state index contributed by atoms with van der Waals surface area (Å²) in [7, 11) is 0. The van der Waals surface area contributed by atoms with Crippen molar-refractivity contribution in [3.63, 3.8) is 0 Å². The summed E-state index contributed by atoms with van der Waals surface area (Å²) in [4.78, 5) is 11.3. The third-order valence-electron chi connectivity index (χ3n) is 6.57. The molecule has 3 aromatic rings. The number of rotatable bonds is 8. The third kappa shape index (κ3) is 4.53. The molecule has 0 amide bonds. The van der Waals surface area contributed by atoms with Crippen molar-refractivity contribution in [2.75, 3.05) is 6.61 Å². The Hall–Kier alpha value is -2.79. The Morgan fingerprint density at radius 3 is 2.31 bits per heavy atom. The van der Waals surface area contributed by atoms with E-state index in [4.69, 9.17) is 9.15 Å². The highest BCUT2D eigenvalue weighted by atomic mass is 16.5. The van der Waals surface area contributed by atoms with Crippen LogP contribution in [0.4, 0.5) is 0 Å². The summed E-state index contributed by atoms with van der Waals surface area (Å²) in [5, 5.41) is 20.4. The molecule has 172 valence electrons. The molecule has 0 radical (unpaired) electrons. The fraction of sp³-hybridized carbons (Fsp3) is 0.444. The van der Waals surface area contributed by atoms with Crippen LogP contribution in [-0.2, 0) is 5.41 Å². The number of aromatic carboxylic acids is 1. The number of hydrogen-bond donors (Lipinski definition) is 2. The summed E-state index contributed by atoms with van der Waals surface area (Å²) in [6.45, 7) is 12.5. The normalized spacial score (nSPS) is 13.3. The van der Waals surface area contributed by atoms with E-state index in [-0.39, 0.29) is 23.0 Å². The molecule has 0 saturated carbocycles. The fourth-order valence-corrected chi connectivity index (χ4v) is 4.09. The van der Waals surface area contributed by atoms with E-state index >= 15 is 0 Å². The van der Waals surface area contributed by atoms with Crippen molar-refractivity contribution in [1.82, 2.24) is 0 Å². The Kier molecular flexibility index (Phi) is 6.70. The summed E-state index contributed by atoms with van der Waals surface area (Å²) in [6.07, 6.45) is 1.10. The highest BCUT2D eigenvalue weighted by Crippen LogP contribution is 2.42. The number of aliphatic hydroxyl groups excluding tert-OH is 1. The lowest BCUT2D eigenvalue weighted by Gasteiger charge is -2.31. The van der Waals surface area contributed by atoms with Crippen LogP contribution >= 0.6 is 0 Å². The lowest BCUT2D eigenvalue weighted by Crippen LogP contribution is -2.32. The summed E-state index contributed by atoms with van der Waals surface area (Å²) < 4.78 is 12.2. The SMILES string of the molecule is CCC(CC)(c1ccc(OCC(O)C(C)(C)C)c(C)c1)c1cc2cc(C(=O)O)ccc2o1. The predicted molar refractivity (Wildman–Crippen MR) is 127 cm³/mol. The number of carboxylic acids is 1. The van der Waals surface area contributed by atoms with Gasteiger partial charge >= 0.3 is 5.97 Å². The molecule has 5 nitrogen and oxygen atoms in total. The van der Waals surface area contributed by atoms with Crippen LogP contribution in [0.15, 0.2) is 46.9 Å². The zero-order chi connectivity index (χ0) is 23.7. The minimum Gasteiger partial charge on any atom is -0.491 e. The maximum Gasteiger partial charge on any atom is 0.335 e. The van der Waals surface area contributed by atoms with E-state index in [0.717, 1.165) is 40.9 Å². The van der Waals surface area contributed by atoms with Gasteiger partial charge in [0.1, 0.15) is 23.7 Å². The molecule has 0 aliphatic rings. The second-order valence-corrected chi connectivity index (χ2v) is 9.63. The molecule has 32 heavy (non-hydrogen) atoms. The van der Waals surface area contributed by atoms with E-state index in [1.54, 1.807) is 18.2 Å². The molecule has 0 aliphatic carbocycles. The first-order valence-corrected chi connectivity index (χ1v) is 11.2. The van der Waals surface area contributed by atoms with E-state index in [1.807, 2.05) is 39.8 Å². The van der Waals surface area contributed by atoms with Gasteiger partial charge in [0.15, 0.2) is 0 Å². The van der Waals surface area contributed by atoms with E-state index < -0.39 is 12.1 Å². The Morgan fingerprint density at radius 2 is 1.75 bits per heavy atom. The topological polar surface area (TPSA) is 79.9 Å². The van der Waals surface area contributed by atoms with Gasteiger partial charge in [-0.15, -0.1) is 0 Å². The van der Waals surface area contributed by atoms with Crippen LogP contribution in [0.3, 0.4) is 0 Å². The predicted octanol–water partition coefficient (Wildman–Crippen LogP) is 6.33. The molecule has 1 atom stereocenters. The molecule has 0 spiro atoms. The van der Waals surface area contributed by atoms with Gasteiger partial charge in [-0.25, -0.2) is 4.79 Å². The Bertz CT molecular complexity index is 1100. The number of carbonyl (C=O) groups is 1. The molecule has 1 heterocycles. The number of hydrogen-bond acceptors (Lipinski definition) is 4. The van der Waals surface area contributed by atoms with Gasteiger partial charge in [0.05, 0.1) is 17.1 Å². The third-order valence-corrected chi connectivity index (χ3v) is 6.57. The quantitative estimate of drug-likeness (QED) is 0.429. The van der Waals surface area contributed by atoms with Crippen molar-refractivity contribution >= 4 is 16.9 Å². The van der Waals surface area contributed by atoms with Crippen LogP contribution in [0.25, 0.3) is 11.0 Å². The summed E-state index contributed by atoms with van der Waals surface area (Å²) in [6, 6.07) is 13.1. The van der Waals surface area contributed by atoms with Crippen molar-refractivity contribution in [3.8, 4) is 5.75 Å². The lowest BCUT2D eigenvalue weighted by molar-refractivity contribution is 0.0216. The van der Waals surface area contributed by atoms with Crippen LogP contribution in [0.2, 0.25) is 0 Å². The molecular weight excluding hydrogens is 404 g/mol. The van der Waals surface area contributed by atoms with Crippen molar-refractivity contribution < 1.29 is 24.2 Å². The standard InChI is InChI=1S/C27H34O5/c1-7-27(8-2,24-15-19-14-18(25(29)30)9-11-22(19)32-24)20-10-12-21(17(3)13-20)31-16-23(28)26(4,5)6/h9-15,23,28H,7-8,16H2,1-6H3,(H,29,30). The smallest absolute Gasteiger partial charge is 0.335 e. The molecular formula is C27H34O5. The van der Waals surface area contributed by atoms with Crippen LogP contribution in [-0.4, -0.2) is 28.9 Å². The molecule has 2 aromatic carbocycles. The number of fused-ring (bicyclic) bond motifs is 1. The second-order valence-electron chi connectivity index (χ2n) is 9.63. The molecule has 5 heteroatoms. The molecule has 0 bridgehead atoms.